The largest absolute Gasteiger partial charge is 0.481 e. The molecule has 2 atom stereocenters. The number of rotatable bonds is 3. The maximum atomic E-state index is 10.4. The van der Waals surface area contributed by atoms with Crippen molar-refractivity contribution in [1.82, 2.24) is 0 Å². The summed E-state index contributed by atoms with van der Waals surface area (Å²) in [6.07, 6.45) is 0.189. The topological polar surface area (TPSA) is 97.7 Å². The average molecular weight is 244 g/mol. The molecule has 0 aromatic carbocycles. The highest BCUT2D eigenvalue weighted by atomic mass is 16.6. The molecule has 17 heavy (non-hydrogen) atoms. The number of ether oxygens (including phenoxy) is 1. The Labute approximate surface area is 98.9 Å². The molecule has 1 aliphatic heterocycles. The fourth-order valence-electron chi connectivity index (χ4n) is 0.993. The van der Waals surface area contributed by atoms with Crippen LogP contribution in [-0.4, -0.2) is 28.8 Å². The van der Waals surface area contributed by atoms with Gasteiger partial charge in [-0.2, -0.15) is 0 Å². The molecule has 96 valence electrons. The normalized spacial score (nSPS) is 20.1. The van der Waals surface area contributed by atoms with Gasteiger partial charge in [-0.15, -0.1) is 0 Å². The Bertz CT molecular complexity index is 333. The van der Waals surface area contributed by atoms with Gasteiger partial charge in [-0.1, -0.05) is 13.8 Å². The van der Waals surface area contributed by atoms with Crippen LogP contribution in [0.25, 0.3) is 0 Å². The molecule has 0 saturated carbocycles. The minimum atomic E-state index is -0.919. The molecule has 2 unspecified atom stereocenters. The molecule has 1 fully saturated rings. The van der Waals surface area contributed by atoms with Crippen molar-refractivity contribution in [1.29, 1.82) is 0 Å². The fourth-order valence-corrected chi connectivity index (χ4v) is 0.993. The van der Waals surface area contributed by atoms with Gasteiger partial charge in [0.05, 0.1) is 18.8 Å². The Morgan fingerprint density at radius 2 is 2.00 bits per heavy atom. The number of carbonyl (C=O) groups is 4. The number of hydrogen-bond donors (Lipinski definition) is 1. The Morgan fingerprint density at radius 1 is 1.47 bits per heavy atom. The van der Waals surface area contributed by atoms with Crippen LogP contribution < -0.4 is 0 Å². The lowest BCUT2D eigenvalue weighted by Gasteiger charge is -2.00. The smallest absolute Gasteiger partial charge is 0.316 e. The molecule has 1 rings (SSSR count). The predicted molar refractivity (Wildman–Crippen MR) is 57.0 cm³/mol. The second kappa shape index (κ2) is 6.78. The van der Waals surface area contributed by atoms with Crippen LogP contribution in [0.3, 0.4) is 0 Å². The summed E-state index contributed by atoms with van der Waals surface area (Å²) < 4.78 is 4.20. The fraction of sp³-hybridized carbons (Fsp3) is 0.636. The molecule has 1 heterocycles. The quantitative estimate of drug-likeness (QED) is 0.582. The lowest BCUT2D eigenvalue weighted by atomic mass is 10.0. The van der Waals surface area contributed by atoms with E-state index in [1.54, 1.807) is 13.8 Å². The number of hydrogen-bond acceptors (Lipinski definition) is 5. The first-order chi connectivity index (χ1) is 7.73. The highest BCUT2D eigenvalue weighted by Gasteiger charge is 2.28. The lowest BCUT2D eigenvalue weighted by Crippen LogP contribution is -2.11. The average Bonchev–Trinajstić information content (AvgIpc) is 2.43. The van der Waals surface area contributed by atoms with E-state index in [1.165, 1.54) is 6.92 Å². The third kappa shape index (κ3) is 6.44. The number of cyclic esters (lactones) is 2. The Balaban J connectivity index is 0.000000302. The molecular weight excluding hydrogens is 228 g/mol. The molecule has 1 aliphatic rings. The summed E-state index contributed by atoms with van der Waals surface area (Å²) in [7, 11) is 0. The Hall–Kier alpha value is -1.72. The maximum absolute atomic E-state index is 10.4. The minimum absolute atomic E-state index is 0.0602. The van der Waals surface area contributed by atoms with Crippen molar-refractivity contribution in [3.8, 4) is 0 Å². The summed E-state index contributed by atoms with van der Waals surface area (Å²) in [5, 5.41) is 8.18. The van der Waals surface area contributed by atoms with Crippen molar-refractivity contribution in [2.75, 3.05) is 0 Å². The summed E-state index contributed by atoms with van der Waals surface area (Å²) in [4.78, 5) is 40.9. The van der Waals surface area contributed by atoms with Gasteiger partial charge in [-0.3, -0.25) is 19.2 Å². The molecule has 0 aromatic rings. The minimum Gasteiger partial charge on any atom is -0.481 e. The first-order valence-corrected chi connectivity index (χ1v) is 5.20. The molecular formula is C11H16O6. The Morgan fingerprint density at radius 3 is 2.12 bits per heavy atom. The van der Waals surface area contributed by atoms with E-state index >= 15 is 0 Å². The van der Waals surface area contributed by atoms with Crippen molar-refractivity contribution in [2.45, 2.75) is 33.6 Å². The number of carbonyl (C=O) groups excluding carboxylic acids is 3. The number of ketones is 1. The molecule has 0 aliphatic carbocycles. The SMILES string of the molecule is CC(=O)C(C)CC(=O)O.CC1CC(=O)OC1=O. The summed E-state index contributed by atoms with van der Waals surface area (Å²) in [6, 6.07) is 0. The zero-order chi connectivity index (χ0) is 13.6. The second-order valence-corrected chi connectivity index (χ2v) is 4.01. The van der Waals surface area contributed by atoms with Crippen LogP contribution in [0.1, 0.15) is 33.6 Å². The summed E-state index contributed by atoms with van der Waals surface area (Å²) >= 11 is 0. The van der Waals surface area contributed by atoms with Gasteiger partial charge in [-0.05, 0) is 6.92 Å². The van der Waals surface area contributed by atoms with Gasteiger partial charge in [0, 0.05) is 5.92 Å². The van der Waals surface area contributed by atoms with E-state index in [0.717, 1.165) is 0 Å². The van der Waals surface area contributed by atoms with Crippen molar-refractivity contribution in [3.05, 3.63) is 0 Å². The third-order valence-electron chi connectivity index (χ3n) is 2.26. The van der Waals surface area contributed by atoms with Crippen molar-refractivity contribution in [2.24, 2.45) is 11.8 Å². The van der Waals surface area contributed by atoms with E-state index in [-0.39, 0.29) is 30.5 Å². The summed E-state index contributed by atoms with van der Waals surface area (Å²) in [5.41, 5.74) is 0. The zero-order valence-electron chi connectivity index (χ0n) is 10.1. The van der Waals surface area contributed by atoms with Gasteiger partial charge in [0.15, 0.2) is 0 Å². The first kappa shape index (κ1) is 15.3. The number of carboxylic acids is 1. The summed E-state index contributed by atoms with van der Waals surface area (Å²) in [6.45, 7) is 4.68. The lowest BCUT2D eigenvalue weighted by molar-refractivity contribution is -0.153. The monoisotopic (exact) mass is 244 g/mol. The molecule has 6 nitrogen and oxygen atoms in total. The van der Waals surface area contributed by atoms with Crippen LogP contribution in [0, 0.1) is 11.8 Å². The van der Waals surface area contributed by atoms with Crippen LogP contribution in [0.5, 0.6) is 0 Å². The standard InChI is InChI=1S/C6H10O3.C5H6O3/c1-4(5(2)7)3-6(8)9;1-3-2-4(6)8-5(3)7/h4H,3H2,1-2H3,(H,8,9);3H,2H2,1H3. The van der Waals surface area contributed by atoms with Gasteiger partial charge < -0.3 is 9.84 Å². The molecule has 1 N–H and O–H groups in total. The van der Waals surface area contributed by atoms with Crippen LogP contribution in [0.15, 0.2) is 0 Å². The number of Topliss-reactive ketones (excluding diaryl/α,β-unsaturated/α-hetero) is 1. The molecule has 0 spiro atoms. The van der Waals surface area contributed by atoms with Gasteiger partial charge in [0.2, 0.25) is 0 Å². The van der Waals surface area contributed by atoms with Crippen molar-refractivity contribution < 1.29 is 29.0 Å². The molecule has 0 bridgehead atoms. The number of carboxylic acid groups (broad SMARTS) is 1. The predicted octanol–water partition coefficient (Wildman–Crippen LogP) is 0.782. The van der Waals surface area contributed by atoms with Crippen LogP contribution in [0.2, 0.25) is 0 Å². The molecule has 0 amide bonds. The molecule has 6 heteroatoms. The Kier molecular flexibility index (Phi) is 6.09. The van der Waals surface area contributed by atoms with E-state index in [4.69, 9.17) is 5.11 Å². The van der Waals surface area contributed by atoms with E-state index in [0.29, 0.717) is 0 Å². The van der Waals surface area contributed by atoms with Gasteiger partial charge in [0.25, 0.3) is 0 Å². The van der Waals surface area contributed by atoms with E-state index in [2.05, 4.69) is 4.74 Å². The summed E-state index contributed by atoms with van der Waals surface area (Å²) in [5.74, 6) is -2.35. The maximum Gasteiger partial charge on any atom is 0.316 e. The van der Waals surface area contributed by atoms with Crippen LogP contribution in [-0.2, 0) is 23.9 Å². The number of esters is 2. The van der Waals surface area contributed by atoms with E-state index in [1.807, 2.05) is 0 Å². The highest BCUT2D eigenvalue weighted by Crippen LogP contribution is 2.13. The second-order valence-electron chi connectivity index (χ2n) is 4.01. The highest BCUT2D eigenvalue weighted by molar-refractivity contribution is 5.94. The van der Waals surface area contributed by atoms with Gasteiger partial charge in [0.1, 0.15) is 5.78 Å². The third-order valence-corrected chi connectivity index (χ3v) is 2.26. The van der Waals surface area contributed by atoms with E-state index in [9.17, 15) is 19.2 Å². The van der Waals surface area contributed by atoms with Crippen molar-refractivity contribution in [3.63, 3.8) is 0 Å². The van der Waals surface area contributed by atoms with Gasteiger partial charge in [-0.25, -0.2) is 0 Å². The van der Waals surface area contributed by atoms with Gasteiger partial charge >= 0.3 is 17.9 Å². The molecule has 0 radical (unpaired) electrons. The molecule has 0 aromatic heterocycles. The zero-order valence-corrected chi connectivity index (χ0v) is 10.1. The van der Waals surface area contributed by atoms with Crippen LogP contribution >= 0.6 is 0 Å². The number of aliphatic carboxylic acids is 1. The van der Waals surface area contributed by atoms with E-state index < -0.39 is 17.9 Å². The molecule has 1 saturated heterocycles. The van der Waals surface area contributed by atoms with Crippen LogP contribution in [0.4, 0.5) is 0 Å². The first-order valence-electron chi connectivity index (χ1n) is 5.20. The van der Waals surface area contributed by atoms with Crippen molar-refractivity contribution >= 4 is 23.7 Å².